The molecule has 1 amide bonds. The van der Waals surface area contributed by atoms with Crippen molar-refractivity contribution in [3.8, 4) is 0 Å². The largest absolute Gasteiger partial charge is 0.459 e. The number of ether oxygens (including phenoxy) is 2. The third-order valence-electron chi connectivity index (χ3n) is 5.88. The van der Waals surface area contributed by atoms with Gasteiger partial charge in [0.1, 0.15) is 12.2 Å². The van der Waals surface area contributed by atoms with E-state index in [1.807, 2.05) is 12.3 Å². The smallest absolute Gasteiger partial charge is 0.287 e. The van der Waals surface area contributed by atoms with Crippen LogP contribution in [0, 0.1) is 0 Å². The molecule has 0 spiro atoms. The van der Waals surface area contributed by atoms with Gasteiger partial charge < -0.3 is 24.5 Å². The lowest BCUT2D eigenvalue weighted by Gasteiger charge is -2.18. The van der Waals surface area contributed by atoms with Gasteiger partial charge in [0.2, 0.25) is 5.95 Å². The van der Waals surface area contributed by atoms with Gasteiger partial charge in [-0.3, -0.25) is 4.79 Å². The Balaban J connectivity index is 1.22. The summed E-state index contributed by atoms with van der Waals surface area (Å²) < 4.78 is 17.0. The van der Waals surface area contributed by atoms with Crippen molar-refractivity contribution in [2.24, 2.45) is 0 Å². The van der Waals surface area contributed by atoms with Gasteiger partial charge in [0.15, 0.2) is 5.76 Å². The number of hydrogen-bond donors (Lipinski definition) is 2. The minimum atomic E-state index is -0.258. The van der Waals surface area contributed by atoms with E-state index in [4.69, 9.17) is 18.9 Å². The maximum atomic E-state index is 12.2. The predicted molar refractivity (Wildman–Crippen MR) is 100 cm³/mol. The normalized spacial score (nSPS) is 29.7. The minimum absolute atomic E-state index is 0.0469. The number of carbonyl (C=O) groups is 1. The molecule has 8 nitrogen and oxygen atoms in total. The van der Waals surface area contributed by atoms with Crippen LogP contribution in [0.4, 0.5) is 5.95 Å². The zero-order valence-electron chi connectivity index (χ0n) is 15.5. The summed E-state index contributed by atoms with van der Waals surface area (Å²) in [5.74, 6) is 1.19. The van der Waals surface area contributed by atoms with Crippen LogP contribution in [0.2, 0.25) is 0 Å². The van der Waals surface area contributed by atoms with Crippen LogP contribution in [-0.4, -0.2) is 53.4 Å². The Bertz CT molecular complexity index is 821. The van der Waals surface area contributed by atoms with Gasteiger partial charge in [-0.1, -0.05) is 12.8 Å². The van der Waals surface area contributed by atoms with E-state index < -0.39 is 0 Å². The molecule has 3 fully saturated rings. The Hall–Kier alpha value is -2.45. The van der Waals surface area contributed by atoms with Crippen LogP contribution in [-0.2, 0) is 9.47 Å². The first-order chi connectivity index (χ1) is 13.8. The summed E-state index contributed by atoms with van der Waals surface area (Å²) in [4.78, 5) is 21.3. The second-order valence-corrected chi connectivity index (χ2v) is 7.69. The molecule has 2 N–H and O–H groups in total. The second kappa shape index (κ2) is 7.52. The fourth-order valence-electron chi connectivity index (χ4n) is 4.45. The minimum Gasteiger partial charge on any atom is -0.459 e. The quantitative estimate of drug-likeness (QED) is 0.814. The molecule has 3 aliphatic rings. The standard InChI is InChI=1S/C20H24N4O4/c25-19(16-6-3-9-26-16)22-14-10-27-18-15(11-28-17(14)18)24-20-21-8-7-13(23-20)12-4-1-2-5-12/h3,6-9,12,14-15,17-18H,1-2,4-5,10-11H2,(H,22,25)(H,21,23,24)/t14-,15-,17+,18+/m0/s1. The molecule has 0 aromatic carbocycles. The first-order valence-electron chi connectivity index (χ1n) is 9.95. The Morgan fingerprint density at radius 2 is 1.86 bits per heavy atom. The molecule has 4 heterocycles. The lowest BCUT2D eigenvalue weighted by molar-refractivity contribution is 0.0646. The predicted octanol–water partition coefficient (Wildman–Crippen LogP) is 2.10. The van der Waals surface area contributed by atoms with Crippen LogP contribution in [0.3, 0.4) is 0 Å². The van der Waals surface area contributed by atoms with E-state index in [-0.39, 0.29) is 36.0 Å². The molecule has 2 aromatic heterocycles. The highest BCUT2D eigenvalue weighted by atomic mass is 16.6. The molecule has 2 saturated heterocycles. The highest BCUT2D eigenvalue weighted by Crippen LogP contribution is 2.33. The molecule has 0 bridgehead atoms. The van der Waals surface area contributed by atoms with Gasteiger partial charge in [-0.05, 0) is 31.0 Å². The first-order valence-corrected chi connectivity index (χ1v) is 9.95. The fourth-order valence-corrected chi connectivity index (χ4v) is 4.45. The van der Waals surface area contributed by atoms with Crippen molar-refractivity contribution in [1.29, 1.82) is 0 Å². The van der Waals surface area contributed by atoms with E-state index in [1.165, 1.54) is 31.9 Å². The van der Waals surface area contributed by atoms with E-state index in [0.29, 0.717) is 25.1 Å². The van der Waals surface area contributed by atoms with E-state index in [9.17, 15) is 4.79 Å². The number of anilines is 1. The summed E-state index contributed by atoms with van der Waals surface area (Å²) in [5, 5.41) is 6.32. The molecule has 5 rings (SSSR count). The van der Waals surface area contributed by atoms with E-state index >= 15 is 0 Å². The van der Waals surface area contributed by atoms with Gasteiger partial charge in [0.25, 0.3) is 5.91 Å². The highest BCUT2D eigenvalue weighted by Gasteiger charge is 2.48. The number of nitrogens with zero attached hydrogens (tertiary/aromatic N) is 2. The van der Waals surface area contributed by atoms with Crippen molar-refractivity contribution < 1.29 is 18.7 Å². The van der Waals surface area contributed by atoms with Crippen molar-refractivity contribution in [2.45, 2.75) is 55.9 Å². The number of fused-ring (bicyclic) bond motifs is 1. The van der Waals surface area contributed by atoms with Crippen LogP contribution in [0.25, 0.3) is 0 Å². The van der Waals surface area contributed by atoms with Crippen LogP contribution >= 0.6 is 0 Å². The number of rotatable bonds is 5. The molecule has 1 saturated carbocycles. The average Bonchev–Trinajstić information content (AvgIpc) is 3.50. The number of carbonyl (C=O) groups excluding carboxylic acids is 1. The first kappa shape index (κ1) is 17.6. The highest BCUT2D eigenvalue weighted by molar-refractivity contribution is 5.91. The van der Waals surface area contributed by atoms with Crippen molar-refractivity contribution >= 4 is 11.9 Å². The summed E-state index contributed by atoms with van der Waals surface area (Å²) >= 11 is 0. The monoisotopic (exact) mass is 384 g/mol. The van der Waals surface area contributed by atoms with Gasteiger partial charge in [-0.25, -0.2) is 9.97 Å². The molecule has 8 heteroatoms. The molecule has 148 valence electrons. The van der Waals surface area contributed by atoms with Gasteiger partial charge in [0.05, 0.1) is 31.6 Å². The van der Waals surface area contributed by atoms with Crippen LogP contribution in [0.1, 0.15) is 47.8 Å². The molecule has 1 aliphatic carbocycles. The summed E-state index contributed by atoms with van der Waals surface area (Å²) in [6.45, 7) is 0.891. The fraction of sp³-hybridized carbons (Fsp3) is 0.550. The molecular weight excluding hydrogens is 360 g/mol. The van der Waals surface area contributed by atoms with Crippen LogP contribution in [0.15, 0.2) is 35.1 Å². The molecule has 2 aliphatic heterocycles. The average molecular weight is 384 g/mol. The zero-order chi connectivity index (χ0) is 18.9. The van der Waals surface area contributed by atoms with Crippen molar-refractivity contribution in [3.63, 3.8) is 0 Å². The second-order valence-electron chi connectivity index (χ2n) is 7.69. The van der Waals surface area contributed by atoms with E-state index in [0.717, 1.165) is 5.69 Å². The van der Waals surface area contributed by atoms with Gasteiger partial charge in [-0.15, -0.1) is 0 Å². The lowest BCUT2D eigenvalue weighted by atomic mass is 10.0. The lowest BCUT2D eigenvalue weighted by Crippen LogP contribution is -2.44. The Morgan fingerprint density at radius 3 is 2.64 bits per heavy atom. The number of hydrogen-bond acceptors (Lipinski definition) is 7. The Labute approximate surface area is 163 Å². The summed E-state index contributed by atoms with van der Waals surface area (Å²) in [5.41, 5.74) is 1.11. The molecule has 2 aromatic rings. The number of furan rings is 1. The van der Waals surface area contributed by atoms with E-state index in [1.54, 1.807) is 12.1 Å². The van der Waals surface area contributed by atoms with Gasteiger partial charge >= 0.3 is 0 Å². The number of nitrogens with one attached hydrogen (secondary N) is 2. The summed E-state index contributed by atoms with van der Waals surface area (Å²) in [7, 11) is 0. The molecular formula is C20H24N4O4. The Morgan fingerprint density at radius 1 is 1.07 bits per heavy atom. The SMILES string of the molecule is O=C(N[C@H]1CO[C@H]2[C@@H]1OC[C@@H]2Nc1nccc(C2CCCC2)n1)c1ccco1. The van der Waals surface area contributed by atoms with Gasteiger partial charge in [-0.2, -0.15) is 0 Å². The Kier molecular flexibility index (Phi) is 4.74. The van der Waals surface area contributed by atoms with Crippen molar-refractivity contribution in [1.82, 2.24) is 15.3 Å². The van der Waals surface area contributed by atoms with E-state index in [2.05, 4.69) is 15.6 Å². The maximum absolute atomic E-state index is 12.2. The number of amides is 1. The molecule has 28 heavy (non-hydrogen) atoms. The summed E-state index contributed by atoms with van der Waals surface area (Å²) in [6.07, 6.45) is 7.90. The van der Waals surface area contributed by atoms with Crippen molar-refractivity contribution in [2.75, 3.05) is 18.5 Å². The summed E-state index contributed by atoms with van der Waals surface area (Å²) in [6, 6.07) is 5.09. The molecule has 0 unspecified atom stereocenters. The van der Waals surface area contributed by atoms with Crippen molar-refractivity contribution in [3.05, 3.63) is 42.1 Å². The maximum Gasteiger partial charge on any atom is 0.287 e. The van der Waals surface area contributed by atoms with Crippen LogP contribution < -0.4 is 10.6 Å². The zero-order valence-corrected chi connectivity index (χ0v) is 15.5. The third-order valence-corrected chi connectivity index (χ3v) is 5.88. The topological polar surface area (TPSA) is 98.5 Å². The van der Waals surface area contributed by atoms with Gasteiger partial charge in [0, 0.05) is 17.8 Å². The molecule has 4 atom stereocenters. The van der Waals surface area contributed by atoms with Crippen LogP contribution in [0.5, 0.6) is 0 Å². The molecule has 0 radical (unpaired) electrons. The number of aromatic nitrogens is 2. The third kappa shape index (κ3) is 3.38.